The molecule has 2 N–H and O–H groups in total. The maximum absolute atomic E-state index is 11.4. The fourth-order valence-electron chi connectivity index (χ4n) is 1.67. The van der Waals surface area contributed by atoms with Crippen LogP contribution < -0.4 is 10.6 Å². The molecular formula is C8H10N2OS. The van der Waals surface area contributed by atoms with E-state index in [1.807, 2.05) is 0 Å². The minimum absolute atomic E-state index is 0.0631. The number of allylic oxidation sites excluding steroid dienone is 1. The van der Waals surface area contributed by atoms with Gasteiger partial charge in [0.2, 0.25) is 5.91 Å². The number of nitrogens with one attached hydrogen (secondary N) is 2. The molecule has 0 spiro atoms. The van der Waals surface area contributed by atoms with Gasteiger partial charge < -0.3 is 10.6 Å². The van der Waals surface area contributed by atoms with Crippen LogP contribution in [0.5, 0.6) is 0 Å². The second-order valence-electron chi connectivity index (χ2n) is 3.12. The van der Waals surface area contributed by atoms with Gasteiger partial charge >= 0.3 is 0 Å². The lowest BCUT2D eigenvalue weighted by molar-refractivity contribution is -0.125. The first-order chi connectivity index (χ1) is 5.77. The summed E-state index contributed by atoms with van der Waals surface area (Å²) in [6, 6.07) is 0.219. The summed E-state index contributed by atoms with van der Waals surface area (Å²) in [5, 5.41) is 6.19. The van der Waals surface area contributed by atoms with Gasteiger partial charge in [-0.15, -0.1) is 0 Å². The van der Waals surface area contributed by atoms with E-state index < -0.39 is 0 Å². The monoisotopic (exact) mass is 182 g/mol. The van der Waals surface area contributed by atoms with Gasteiger partial charge in [-0.05, 0) is 25.1 Å². The van der Waals surface area contributed by atoms with E-state index in [0.29, 0.717) is 5.11 Å². The third-order valence-corrected chi connectivity index (χ3v) is 2.54. The Hall–Kier alpha value is -0.900. The Morgan fingerprint density at radius 1 is 1.42 bits per heavy atom. The van der Waals surface area contributed by atoms with Gasteiger partial charge in [-0.25, -0.2) is 0 Å². The Kier molecular flexibility index (Phi) is 1.84. The van der Waals surface area contributed by atoms with E-state index in [9.17, 15) is 4.79 Å². The van der Waals surface area contributed by atoms with Gasteiger partial charge in [-0.2, -0.15) is 0 Å². The topological polar surface area (TPSA) is 41.1 Å². The summed E-state index contributed by atoms with van der Waals surface area (Å²) in [7, 11) is 0. The standard InChI is InChI=1S/C8H10N2OS/c11-7-5-3-1-2-4-6(5)9-8(12)10-7/h1-2,5-6H,3-4H2,(H2,9,10,11,12)/t5-,6-/m0/s1. The van der Waals surface area contributed by atoms with Crippen LogP contribution in [0.1, 0.15) is 12.8 Å². The van der Waals surface area contributed by atoms with Gasteiger partial charge in [-0.1, -0.05) is 12.2 Å². The van der Waals surface area contributed by atoms with Gasteiger partial charge in [-0.3, -0.25) is 4.79 Å². The number of hydrogen-bond acceptors (Lipinski definition) is 2. The summed E-state index contributed by atoms with van der Waals surface area (Å²) < 4.78 is 0. The Bertz CT molecular complexity index is 262. The number of fused-ring (bicyclic) bond motifs is 1. The molecule has 1 aliphatic heterocycles. The fraction of sp³-hybridized carbons (Fsp3) is 0.500. The summed E-state index contributed by atoms with van der Waals surface area (Å²) >= 11 is 4.88. The van der Waals surface area contributed by atoms with Gasteiger partial charge in [0.1, 0.15) is 0 Å². The van der Waals surface area contributed by atoms with Crippen LogP contribution in [-0.2, 0) is 4.79 Å². The van der Waals surface area contributed by atoms with Crippen LogP contribution in [0.25, 0.3) is 0 Å². The van der Waals surface area contributed by atoms with Crippen LogP contribution in [0.2, 0.25) is 0 Å². The number of carbonyl (C=O) groups is 1. The molecule has 0 radical (unpaired) electrons. The van der Waals surface area contributed by atoms with E-state index in [1.165, 1.54) is 0 Å². The minimum atomic E-state index is 0.0631. The van der Waals surface area contributed by atoms with Gasteiger partial charge in [0.15, 0.2) is 5.11 Å². The molecule has 1 heterocycles. The van der Waals surface area contributed by atoms with E-state index >= 15 is 0 Å². The molecule has 0 bridgehead atoms. The van der Waals surface area contributed by atoms with Crippen molar-refractivity contribution in [1.82, 2.24) is 10.6 Å². The lowest BCUT2D eigenvalue weighted by atomic mass is 9.87. The molecule has 1 fully saturated rings. The third-order valence-electron chi connectivity index (χ3n) is 2.32. The molecule has 0 saturated carbocycles. The predicted octanol–water partition coefficient (Wildman–Crippen LogP) is 0.325. The molecule has 2 aliphatic rings. The number of rotatable bonds is 0. The van der Waals surface area contributed by atoms with Crippen LogP contribution in [0.4, 0.5) is 0 Å². The van der Waals surface area contributed by atoms with Crippen molar-refractivity contribution in [3.05, 3.63) is 12.2 Å². The highest BCUT2D eigenvalue weighted by atomic mass is 32.1. The maximum Gasteiger partial charge on any atom is 0.231 e. The average molecular weight is 182 g/mol. The molecule has 2 atom stereocenters. The van der Waals surface area contributed by atoms with E-state index in [-0.39, 0.29) is 17.9 Å². The number of thiocarbonyl (C=S) groups is 1. The van der Waals surface area contributed by atoms with Crippen molar-refractivity contribution in [2.45, 2.75) is 18.9 Å². The first kappa shape index (κ1) is 7.73. The highest BCUT2D eigenvalue weighted by molar-refractivity contribution is 7.80. The van der Waals surface area contributed by atoms with E-state index in [2.05, 4.69) is 22.8 Å². The first-order valence-corrected chi connectivity index (χ1v) is 4.44. The zero-order valence-corrected chi connectivity index (χ0v) is 7.36. The predicted molar refractivity (Wildman–Crippen MR) is 49.5 cm³/mol. The smallest absolute Gasteiger partial charge is 0.231 e. The van der Waals surface area contributed by atoms with E-state index in [0.717, 1.165) is 12.8 Å². The lowest BCUT2D eigenvalue weighted by Crippen LogP contribution is -2.58. The van der Waals surface area contributed by atoms with Crippen molar-refractivity contribution < 1.29 is 4.79 Å². The normalized spacial score (nSPS) is 33.7. The molecule has 4 heteroatoms. The fourth-order valence-corrected chi connectivity index (χ4v) is 1.92. The van der Waals surface area contributed by atoms with Crippen LogP contribution >= 0.6 is 12.2 Å². The van der Waals surface area contributed by atoms with Crippen molar-refractivity contribution in [3.63, 3.8) is 0 Å². The summed E-state index contributed by atoms with van der Waals surface area (Å²) in [5.41, 5.74) is 0. The molecule has 0 aromatic carbocycles. The zero-order chi connectivity index (χ0) is 8.55. The molecular weight excluding hydrogens is 172 g/mol. The number of hydrogen-bond donors (Lipinski definition) is 2. The Balaban J connectivity index is 2.18. The number of carbonyl (C=O) groups excluding carboxylic acids is 1. The van der Waals surface area contributed by atoms with Gasteiger partial charge in [0.05, 0.1) is 5.92 Å². The second kappa shape index (κ2) is 2.86. The van der Waals surface area contributed by atoms with Crippen molar-refractivity contribution in [2.24, 2.45) is 5.92 Å². The Morgan fingerprint density at radius 2 is 2.17 bits per heavy atom. The van der Waals surface area contributed by atoms with Crippen LogP contribution in [0.3, 0.4) is 0 Å². The number of amides is 1. The van der Waals surface area contributed by atoms with Crippen molar-refractivity contribution in [3.8, 4) is 0 Å². The zero-order valence-electron chi connectivity index (χ0n) is 6.54. The Labute approximate surface area is 76.2 Å². The molecule has 1 saturated heterocycles. The third kappa shape index (κ3) is 1.22. The molecule has 12 heavy (non-hydrogen) atoms. The molecule has 1 amide bonds. The van der Waals surface area contributed by atoms with E-state index in [1.54, 1.807) is 0 Å². The molecule has 64 valence electrons. The van der Waals surface area contributed by atoms with Crippen LogP contribution in [0, 0.1) is 5.92 Å². The largest absolute Gasteiger partial charge is 0.359 e. The highest BCUT2D eigenvalue weighted by Crippen LogP contribution is 2.21. The Morgan fingerprint density at radius 3 is 3.00 bits per heavy atom. The first-order valence-electron chi connectivity index (χ1n) is 4.04. The molecule has 0 aromatic heterocycles. The van der Waals surface area contributed by atoms with E-state index in [4.69, 9.17) is 12.2 Å². The molecule has 1 aliphatic carbocycles. The lowest BCUT2D eigenvalue weighted by Gasteiger charge is -2.33. The SMILES string of the molecule is O=C1NC(=S)N[C@H]2CC=CC[C@H]12. The van der Waals surface area contributed by atoms with Crippen molar-refractivity contribution in [1.29, 1.82) is 0 Å². The van der Waals surface area contributed by atoms with Crippen LogP contribution in [0.15, 0.2) is 12.2 Å². The second-order valence-corrected chi connectivity index (χ2v) is 3.53. The summed E-state index contributed by atoms with van der Waals surface area (Å²) in [6.07, 6.45) is 5.87. The highest BCUT2D eigenvalue weighted by Gasteiger charge is 2.33. The van der Waals surface area contributed by atoms with Crippen molar-refractivity contribution >= 4 is 23.2 Å². The van der Waals surface area contributed by atoms with Crippen molar-refractivity contribution in [2.75, 3.05) is 0 Å². The quantitative estimate of drug-likeness (QED) is 0.419. The molecule has 3 nitrogen and oxygen atoms in total. The molecule has 0 unspecified atom stereocenters. The summed E-state index contributed by atoms with van der Waals surface area (Å²) in [5.74, 6) is 0.134. The maximum atomic E-state index is 11.4. The van der Waals surface area contributed by atoms with Gasteiger partial charge in [0, 0.05) is 6.04 Å². The van der Waals surface area contributed by atoms with Crippen LogP contribution in [-0.4, -0.2) is 17.1 Å². The molecule has 0 aromatic rings. The van der Waals surface area contributed by atoms with Gasteiger partial charge in [0.25, 0.3) is 0 Å². The summed E-state index contributed by atoms with van der Waals surface area (Å²) in [4.78, 5) is 11.4. The summed E-state index contributed by atoms with van der Waals surface area (Å²) in [6.45, 7) is 0. The minimum Gasteiger partial charge on any atom is -0.359 e. The molecule has 2 rings (SSSR count). The average Bonchev–Trinajstić information content (AvgIpc) is 2.04.